The maximum absolute atomic E-state index is 2.55. The van der Waals surface area contributed by atoms with Gasteiger partial charge in [-0.3, -0.25) is 0 Å². The molecular formula is C22H30Cl2Zr. The van der Waals surface area contributed by atoms with Gasteiger partial charge in [0.15, 0.2) is 0 Å². The van der Waals surface area contributed by atoms with Gasteiger partial charge in [-0.05, 0) is 0 Å². The van der Waals surface area contributed by atoms with Crippen LogP contribution in [-0.4, -0.2) is 0 Å². The minimum Gasteiger partial charge on any atom is -1.00 e. The summed E-state index contributed by atoms with van der Waals surface area (Å²) in [5.41, 5.74) is 4.62. The van der Waals surface area contributed by atoms with Crippen molar-refractivity contribution >= 4 is 0 Å². The molecule has 0 aliphatic heterocycles. The van der Waals surface area contributed by atoms with E-state index in [1.54, 1.807) is 11.1 Å². The molecule has 0 atom stereocenters. The molecule has 0 aromatic carbocycles. The second-order valence-electron chi connectivity index (χ2n) is 8.66. The fourth-order valence-corrected chi connectivity index (χ4v) is 9.94. The molecule has 0 amide bonds. The van der Waals surface area contributed by atoms with E-state index < -0.39 is 23.2 Å². The first-order valence-electron chi connectivity index (χ1n) is 9.68. The standard InChI is InChI=1S/2C11H15.2ClH.Zr/c2*1-11(8-4-5-9-11)10-6-2-3-7-10;;;/h2*2,6H,3-5,8-9H2,1H3;2*1H;/q;;;;+2/p-2. The molecule has 25 heavy (non-hydrogen) atoms. The van der Waals surface area contributed by atoms with Crippen molar-refractivity contribution in [1.82, 2.24) is 0 Å². The van der Waals surface area contributed by atoms with Gasteiger partial charge in [0, 0.05) is 0 Å². The quantitative estimate of drug-likeness (QED) is 0.583. The Bertz CT molecular complexity index is 558. The summed E-state index contributed by atoms with van der Waals surface area (Å²) in [7, 11) is 0. The Kier molecular flexibility index (Phi) is 7.49. The summed E-state index contributed by atoms with van der Waals surface area (Å²) in [4.78, 5) is 0. The number of hydrogen-bond acceptors (Lipinski definition) is 0. The Labute approximate surface area is 178 Å². The van der Waals surface area contributed by atoms with Crippen molar-refractivity contribution in [2.75, 3.05) is 0 Å². The Morgan fingerprint density at radius 3 is 1.40 bits per heavy atom. The largest absolute Gasteiger partial charge is 1.00 e. The van der Waals surface area contributed by atoms with Crippen LogP contribution < -0.4 is 24.8 Å². The van der Waals surface area contributed by atoms with E-state index in [9.17, 15) is 0 Å². The summed E-state index contributed by atoms with van der Waals surface area (Å²) in [6.45, 7) is 5.09. The summed E-state index contributed by atoms with van der Waals surface area (Å²) >= 11 is -0.570. The van der Waals surface area contributed by atoms with Crippen LogP contribution in [0.5, 0.6) is 0 Å². The van der Waals surface area contributed by atoms with Gasteiger partial charge in [-0.15, -0.1) is 0 Å². The summed E-state index contributed by atoms with van der Waals surface area (Å²) in [5, 5.41) is 0. The van der Waals surface area contributed by atoms with Crippen LogP contribution in [-0.2, 0) is 23.2 Å². The molecule has 4 aliphatic carbocycles. The van der Waals surface area contributed by atoms with Crippen LogP contribution in [0, 0.1) is 10.8 Å². The van der Waals surface area contributed by atoms with Crippen molar-refractivity contribution in [1.29, 1.82) is 0 Å². The first-order valence-corrected chi connectivity index (χ1v) is 12.1. The molecule has 3 heteroatoms. The van der Waals surface area contributed by atoms with Crippen molar-refractivity contribution in [3.8, 4) is 0 Å². The van der Waals surface area contributed by atoms with Crippen LogP contribution >= 0.6 is 0 Å². The number of rotatable bonds is 4. The third kappa shape index (κ3) is 4.15. The zero-order valence-electron chi connectivity index (χ0n) is 15.6. The Morgan fingerprint density at radius 1 is 0.680 bits per heavy atom. The van der Waals surface area contributed by atoms with Crippen molar-refractivity contribution in [3.05, 3.63) is 42.0 Å². The van der Waals surface area contributed by atoms with E-state index in [2.05, 4.69) is 38.2 Å². The van der Waals surface area contributed by atoms with Crippen molar-refractivity contribution in [3.63, 3.8) is 0 Å². The van der Waals surface area contributed by atoms with Gasteiger partial charge in [0.25, 0.3) is 0 Å². The van der Waals surface area contributed by atoms with Gasteiger partial charge in [-0.1, -0.05) is 0 Å². The van der Waals surface area contributed by atoms with Crippen molar-refractivity contribution < 1.29 is 48.0 Å². The van der Waals surface area contributed by atoms with Crippen molar-refractivity contribution in [2.45, 2.75) is 78.1 Å². The zero-order valence-corrected chi connectivity index (χ0v) is 19.6. The van der Waals surface area contributed by atoms with Gasteiger partial charge >= 0.3 is 154 Å². The summed E-state index contributed by atoms with van der Waals surface area (Å²) in [6, 6.07) is 0. The minimum atomic E-state index is -0.570. The molecule has 0 aromatic rings. The van der Waals surface area contributed by atoms with E-state index in [0.717, 1.165) is 0 Å². The molecule has 0 N–H and O–H groups in total. The fraction of sp³-hybridized carbons (Fsp3) is 0.636. The molecule has 0 radical (unpaired) electrons. The molecule has 136 valence electrons. The van der Waals surface area contributed by atoms with E-state index in [1.165, 1.54) is 64.2 Å². The van der Waals surface area contributed by atoms with Gasteiger partial charge in [-0.25, -0.2) is 0 Å². The van der Waals surface area contributed by atoms with Crippen LogP contribution in [0.3, 0.4) is 0 Å². The molecule has 0 heterocycles. The maximum atomic E-state index is 2.55. The monoisotopic (exact) mass is 454 g/mol. The average molecular weight is 457 g/mol. The van der Waals surface area contributed by atoms with Gasteiger partial charge in [-0.2, -0.15) is 0 Å². The fourth-order valence-electron chi connectivity index (χ4n) is 5.41. The average Bonchev–Trinajstić information content (AvgIpc) is 3.27. The number of halogens is 2. The molecule has 0 nitrogen and oxygen atoms in total. The molecule has 0 spiro atoms. The van der Waals surface area contributed by atoms with Gasteiger partial charge in [0.1, 0.15) is 0 Å². The Morgan fingerprint density at radius 2 is 1.04 bits per heavy atom. The molecular weight excluding hydrogens is 426 g/mol. The Balaban J connectivity index is 0.00000113. The third-order valence-electron chi connectivity index (χ3n) is 6.88. The third-order valence-corrected chi connectivity index (χ3v) is 10.7. The number of allylic oxidation sites excluding steroid dienone is 8. The van der Waals surface area contributed by atoms with Crippen LogP contribution in [0.1, 0.15) is 78.1 Å². The van der Waals surface area contributed by atoms with Gasteiger partial charge in [0.2, 0.25) is 0 Å². The smallest absolute Gasteiger partial charge is 1.00 e. The van der Waals surface area contributed by atoms with Crippen molar-refractivity contribution in [2.24, 2.45) is 10.8 Å². The van der Waals surface area contributed by atoms with Crippen LogP contribution in [0.15, 0.2) is 42.0 Å². The van der Waals surface area contributed by atoms with E-state index in [1.807, 2.05) is 6.56 Å². The van der Waals surface area contributed by atoms with Crippen LogP contribution in [0.25, 0.3) is 0 Å². The first-order chi connectivity index (χ1) is 11.1. The topological polar surface area (TPSA) is 0 Å². The molecule has 4 rings (SSSR count). The molecule has 2 fully saturated rings. The molecule has 2 saturated carbocycles. The second kappa shape index (κ2) is 8.62. The Hall–Kier alpha value is 0.423. The molecule has 0 saturated heterocycles. The second-order valence-corrected chi connectivity index (χ2v) is 12.2. The summed E-state index contributed by atoms with van der Waals surface area (Å²) in [5.74, 6) is 0. The molecule has 0 bridgehead atoms. The molecule has 0 unspecified atom stereocenters. The van der Waals surface area contributed by atoms with Crippen LogP contribution in [0.4, 0.5) is 0 Å². The molecule has 0 aromatic heterocycles. The maximum Gasteiger partial charge on any atom is -1.00 e. The van der Waals surface area contributed by atoms with Crippen LogP contribution in [0.2, 0.25) is 0 Å². The van der Waals surface area contributed by atoms with E-state index >= 15 is 0 Å². The molecule has 4 aliphatic rings. The minimum absolute atomic E-state index is 0. The summed E-state index contributed by atoms with van der Waals surface area (Å²) in [6.07, 6.45) is 24.0. The normalized spacial score (nSPS) is 26.0. The van der Waals surface area contributed by atoms with Gasteiger partial charge < -0.3 is 24.8 Å². The SMILES string of the molecule is CC1(C2=[C]([Zr+2][C]3=C(C4(C)CCCC4)C=CC3)CC=C2)CCCC1.[Cl-].[Cl-]. The van der Waals surface area contributed by atoms with E-state index in [-0.39, 0.29) is 24.8 Å². The van der Waals surface area contributed by atoms with E-state index in [0.29, 0.717) is 10.8 Å². The van der Waals surface area contributed by atoms with E-state index in [4.69, 9.17) is 0 Å². The predicted octanol–water partition coefficient (Wildman–Crippen LogP) is 0.666. The first kappa shape index (κ1) is 21.7. The predicted molar refractivity (Wildman–Crippen MR) is 94.7 cm³/mol. The van der Waals surface area contributed by atoms with Gasteiger partial charge in [0.05, 0.1) is 0 Å². The zero-order chi connectivity index (χ0) is 15.9. The number of hydrogen-bond donors (Lipinski definition) is 0. The summed E-state index contributed by atoms with van der Waals surface area (Å²) < 4.78 is 3.83.